The van der Waals surface area contributed by atoms with Crippen LogP contribution in [0.2, 0.25) is 0 Å². The number of carbonyl (C=O) groups excluding carboxylic acids is 2. The van der Waals surface area contributed by atoms with Crippen LogP contribution in [0.3, 0.4) is 0 Å². The summed E-state index contributed by atoms with van der Waals surface area (Å²) in [5.74, 6) is -0.442. The van der Waals surface area contributed by atoms with Crippen molar-refractivity contribution >= 4 is 17.5 Å². The molecule has 224 valence electrons. The second-order valence-electron chi connectivity index (χ2n) is 11.3. The topological polar surface area (TPSA) is 124 Å². The summed E-state index contributed by atoms with van der Waals surface area (Å²) < 4.78 is 1.55. The van der Waals surface area contributed by atoms with Gasteiger partial charge in [-0.3, -0.25) is 14.2 Å². The summed E-state index contributed by atoms with van der Waals surface area (Å²) >= 11 is 0. The lowest BCUT2D eigenvalue weighted by Crippen LogP contribution is -2.48. The molecule has 0 radical (unpaired) electrons. The van der Waals surface area contributed by atoms with Crippen LogP contribution in [0.25, 0.3) is 17.1 Å². The van der Waals surface area contributed by atoms with Gasteiger partial charge in [-0.25, -0.2) is 0 Å². The van der Waals surface area contributed by atoms with Crippen molar-refractivity contribution in [3.8, 4) is 28.6 Å². The van der Waals surface area contributed by atoms with E-state index in [0.29, 0.717) is 42.0 Å². The first-order valence-corrected chi connectivity index (χ1v) is 14.6. The van der Waals surface area contributed by atoms with Crippen LogP contribution in [0.1, 0.15) is 64.4 Å². The molecule has 0 aliphatic carbocycles. The molecule has 3 aromatic carbocycles. The van der Waals surface area contributed by atoms with E-state index in [4.69, 9.17) is 0 Å². The lowest BCUT2D eigenvalue weighted by Gasteiger charge is -2.36. The molecule has 1 fully saturated rings. The number of hydrogen-bond acceptors (Lipinski definition) is 7. The summed E-state index contributed by atoms with van der Waals surface area (Å²) in [5.41, 5.74) is 5.67. The van der Waals surface area contributed by atoms with Crippen LogP contribution in [-0.2, 0) is 0 Å². The van der Waals surface area contributed by atoms with Crippen molar-refractivity contribution in [1.82, 2.24) is 25.0 Å². The maximum Gasteiger partial charge on any atom is 0.289 e. The Balaban J connectivity index is 1.42. The van der Waals surface area contributed by atoms with Crippen LogP contribution in [0.5, 0.6) is 11.5 Å². The molecule has 4 aromatic rings. The van der Waals surface area contributed by atoms with Crippen LogP contribution in [0, 0.1) is 13.8 Å². The number of nitrogens with one attached hydrogen (secondary N) is 1. The number of carbonyl (C=O) groups is 2. The predicted octanol–water partition coefficient (Wildman–Crippen LogP) is 4.80. The molecule has 1 aliphatic heterocycles. The van der Waals surface area contributed by atoms with E-state index in [1.807, 2.05) is 25.7 Å². The number of aromatic hydroxyl groups is 2. The number of anilines is 1. The summed E-state index contributed by atoms with van der Waals surface area (Å²) in [6.07, 6.45) is 0. The van der Waals surface area contributed by atoms with Crippen molar-refractivity contribution in [2.24, 2.45) is 0 Å². The molecule has 0 unspecified atom stereocenters. The maximum atomic E-state index is 13.4. The van der Waals surface area contributed by atoms with E-state index in [0.717, 1.165) is 13.1 Å². The molecule has 0 spiro atoms. The Morgan fingerprint density at radius 2 is 1.51 bits per heavy atom. The van der Waals surface area contributed by atoms with Gasteiger partial charge >= 0.3 is 0 Å². The second-order valence-corrected chi connectivity index (χ2v) is 11.3. The van der Waals surface area contributed by atoms with Crippen LogP contribution >= 0.6 is 0 Å². The van der Waals surface area contributed by atoms with Crippen LogP contribution in [-0.4, -0.2) is 74.4 Å². The first kappa shape index (κ1) is 29.6. The fraction of sp³-hybridized carbons (Fsp3) is 0.333. The molecule has 43 heavy (non-hydrogen) atoms. The van der Waals surface area contributed by atoms with Crippen LogP contribution in [0.4, 0.5) is 5.69 Å². The number of aromatic nitrogens is 3. The zero-order valence-electron chi connectivity index (χ0n) is 25.3. The summed E-state index contributed by atoms with van der Waals surface area (Å²) in [4.78, 5) is 30.5. The van der Waals surface area contributed by atoms with Gasteiger partial charge in [-0.2, -0.15) is 0 Å². The molecule has 1 saturated heterocycles. The Morgan fingerprint density at radius 1 is 0.860 bits per heavy atom. The van der Waals surface area contributed by atoms with Crippen molar-refractivity contribution in [1.29, 1.82) is 0 Å². The molecular weight excluding hydrogens is 544 g/mol. The molecular formula is C33H38N6O4. The number of aryl methyl sites for hydroxylation is 2. The first-order valence-electron chi connectivity index (χ1n) is 14.6. The highest BCUT2D eigenvalue weighted by molar-refractivity contribution is 5.95. The molecule has 3 N–H and O–H groups in total. The fourth-order valence-electron chi connectivity index (χ4n) is 5.56. The minimum Gasteiger partial charge on any atom is -0.508 e. The van der Waals surface area contributed by atoms with E-state index >= 15 is 0 Å². The van der Waals surface area contributed by atoms with Gasteiger partial charge in [0.2, 0.25) is 5.82 Å². The van der Waals surface area contributed by atoms with Crippen molar-refractivity contribution in [2.45, 2.75) is 40.5 Å². The zero-order chi connectivity index (χ0) is 30.8. The third-order valence-electron chi connectivity index (χ3n) is 7.72. The van der Waals surface area contributed by atoms with Gasteiger partial charge in [0.25, 0.3) is 11.8 Å². The van der Waals surface area contributed by atoms with E-state index in [-0.39, 0.29) is 35.0 Å². The summed E-state index contributed by atoms with van der Waals surface area (Å²) in [7, 11) is 0. The smallest absolute Gasteiger partial charge is 0.289 e. The van der Waals surface area contributed by atoms with Crippen molar-refractivity contribution < 1.29 is 19.8 Å². The number of amides is 2. The Labute approximate surface area is 251 Å². The number of phenols is 2. The number of hydrogen-bond donors (Lipinski definition) is 3. The van der Waals surface area contributed by atoms with Gasteiger partial charge in [-0.05, 0) is 85.8 Å². The Morgan fingerprint density at radius 3 is 2.12 bits per heavy atom. The quantitative estimate of drug-likeness (QED) is 0.286. The standard InChI is InChI=1S/C33H38N6O4/c1-6-34-32(42)31-36-35-30(27-18-26(20(2)3)28(40)19-29(27)41)39(31)24-9-7-23(8-10-24)33(43)38-13-11-37(12-14-38)25-16-21(4)15-22(5)17-25/h7-10,15-20,40-41H,6,11-14H2,1-5H3,(H,34,42). The second kappa shape index (κ2) is 12.2. The van der Waals surface area contributed by atoms with Crippen molar-refractivity contribution in [3.05, 3.63) is 82.7 Å². The Bertz CT molecular complexity index is 1630. The summed E-state index contributed by atoms with van der Waals surface area (Å²) in [6.45, 7) is 13.0. The fourth-order valence-corrected chi connectivity index (χ4v) is 5.56. The van der Waals surface area contributed by atoms with Gasteiger partial charge in [-0.15, -0.1) is 10.2 Å². The van der Waals surface area contributed by atoms with E-state index in [9.17, 15) is 19.8 Å². The van der Waals surface area contributed by atoms with Crippen LogP contribution in [0.15, 0.2) is 54.6 Å². The maximum absolute atomic E-state index is 13.4. The van der Waals surface area contributed by atoms with E-state index in [1.54, 1.807) is 34.9 Å². The van der Waals surface area contributed by atoms with Gasteiger partial charge in [0.15, 0.2) is 5.82 Å². The lowest BCUT2D eigenvalue weighted by molar-refractivity contribution is 0.0746. The van der Waals surface area contributed by atoms with E-state index in [1.165, 1.54) is 22.9 Å². The van der Waals surface area contributed by atoms with Gasteiger partial charge in [0, 0.05) is 55.7 Å². The highest BCUT2D eigenvalue weighted by Crippen LogP contribution is 2.38. The lowest BCUT2D eigenvalue weighted by atomic mass is 9.98. The first-order chi connectivity index (χ1) is 20.6. The van der Waals surface area contributed by atoms with Crippen molar-refractivity contribution in [3.63, 3.8) is 0 Å². The number of rotatable bonds is 7. The highest BCUT2D eigenvalue weighted by Gasteiger charge is 2.26. The number of nitrogens with zero attached hydrogens (tertiary/aromatic N) is 5. The van der Waals surface area contributed by atoms with Gasteiger partial charge in [0.05, 0.1) is 5.56 Å². The SMILES string of the molecule is CCNC(=O)c1nnc(-c2cc(C(C)C)c(O)cc2O)n1-c1ccc(C(=O)N2CCN(c3cc(C)cc(C)c3)CC2)cc1. The molecule has 10 heteroatoms. The summed E-state index contributed by atoms with van der Waals surface area (Å²) in [5, 5.41) is 32.3. The minimum absolute atomic E-state index is 0.0216. The van der Waals surface area contributed by atoms with Crippen molar-refractivity contribution in [2.75, 3.05) is 37.6 Å². The minimum atomic E-state index is -0.426. The molecule has 0 bridgehead atoms. The molecule has 0 saturated carbocycles. The van der Waals surface area contributed by atoms with Gasteiger partial charge in [-0.1, -0.05) is 19.9 Å². The highest BCUT2D eigenvalue weighted by atomic mass is 16.3. The van der Waals surface area contributed by atoms with Gasteiger partial charge in [0.1, 0.15) is 11.5 Å². The molecule has 0 atom stereocenters. The monoisotopic (exact) mass is 582 g/mol. The normalized spacial score (nSPS) is 13.4. The molecule has 2 heterocycles. The molecule has 5 rings (SSSR count). The molecule has 1 aliphatic rings. The molecule has 1 aromatic heterocycles. The molecule has 2 amide bonds. The number of benzene rings is 3. The van der Waals surface area contributed by atoms with Gasteiger partial charge < -0.3 is 25.3 Å². The molecule has 10 nitrogen and oxygen atoms in total. The summed E-state index contributed by atoms with van der Waals surface area (Å²) in [6, 6.07) is 16.4. The number of phenolic OH excluding ortho intramolecular Hbond substituents is 2. The largest absolute Gasteiger partial charge is 0.508 e. The van der Waals surface area contributed by atoms with E-state index < -0.39 is 5.91 Å². The Hall–Kier alpha value is -4.86. The average Bonchev–Trinajstić information content (AvgIpc) is 3.41. The van der Waals surface area contributed by atoms with Crippen LogP contribution < -0.4 is 10.2 Å². The average molecular weight is 583 g/mol. The predicted molar refractivity (Wildman–Crippen MR) is 166 cm³/mol. The Kier molecular flexibility index (Phi) is 8.38. The third kappa shape index (κ3) is 6.04. The van der Waals surface area contributed by atoms with E-state index in [2.05, 4.69) is 52.5 Å². The zero-order valence-corrected chi connectivity index (χ0v) is 25.3. The number of piperazine rings is 1. The third-order valence-corrected chi connectivity index (χ3v) is 7.72.